The molecular weight excluding hydrogens is 250 g/mol. The minimum absolute atomic E-state index is 0.0501. The van der Waals surface area contributed by atoms with Crippen LogP contribution in [0.25, 0.3) is 0 Å². The van der Waals surface area contributed by atoms with Gasteiger partial charge in [0.15, 0.2) is 0 Å². The fourth-order valence-electron chi connectivity index (χ4n) is 1.88. The molecule has 1 N–H and O–H groups in total. The SMILES string of the molecule is CCC(C)(C)N(C)C(C)C(=O)Nc1ccccc1C#N. The van der Waals surface area contributed by atoms with Gasteiger partial charge in [-0.05, 0) is 46.4 Å². The van der Waals surface area contributed by atoms with Gasteiger partial charge in [0.25, 0.3) is 0 Å². The number of rotatable bonds is 5. The molecule has 0 saturated heterocycles. The number of benzene rings is 1. The zero-order chi connectivity index (χ0) is 15.3. The van der Waals surface area contributed by atoms with E-state index in [-0.39, 0.29) is 17.5 Å². The van der Waals surface area contributed by atoms with Crippen LogP contribution in [0, 0.1) is 11.3 Å². The number of amides is 1. The average molecular weight is 273 g/mol. The Morgan fingerprint density at radius 2 is 2.05 bits per heavy atom. The predicted octanol–water partition coefficient (Wildman–Crippen LogP) is 3.01. The highest BCUT2D eigenvalue weighted by molar-refractivity contribution is 5.95. The van der Waals surface area contributed by atoms with Crippen molar-refractivity contribution < 1.29 is 4.79 Å². The van der Waals surface area contributed by atoms with Gasteiger partial charge in [0.1, 0.15) is 6.07 Å². The van der Waals surface area contributed by atoms with Crippen molar-refractivity contribution in [3.05, 3.63) is 29.8 Å². The number of para-hydroxylation sites is 1. The van der Waals surface area contributed by atoms with Gasteiger partial charge in [-0.2, -0.15) is 5.26 Å². The van der Waals surface area contributed by atoms with Crippen molar-refractivity contribution in [3.63, 3.8) is 0 Å². The van der Waals surface area contributed by atoms with Crippen molar-refractivity contribution >= 4 is 11.6 Å². The maximum Gasteiger partial charge on any atom is 0.241 e. The molecule has 20 heavy (non-hydrogen) atoms. The Morgan fingerprint density at radius 3 is 2.60 bits per heavy atom. The largest absolute Gasteiger partial charge is 0.324 e. The molecule has 0 aromatic heterocycles. The summed E-state index contributed by atoms with van der Waals surface area (Å²) in [5.74, 6) is -0.100. The summed E-state index contributed by atoms with van der Waals surface area (Å²) in [6.07, 6.45) is 0.954. The number of likely N-dealkylation sites (N-methyl/N-ethyl adjacent to an activating group) is 1. The first-order valence-electron chi connectivity index (χ1n) is 6.86. The molecule has 1 aromatic carbocycles. The maximum absolute atomic E-state index is 12.3. The third kappa shape index (κ3) is 3.58. The van der Waals surface area contributed by atoms with Crippen LogP contribution in [0.3, 0.4) is 0 Å². The molecule has 1 rings (SSSR count). The van der Waals surface area contributed by atoms with Gasteiger partial charge in [-0.3, -0.25) is 9.69 Å². The monoisotopic (exact) mass is 273 g/mol. The lowest BCUT2D eigenvalue weighted by Crippen LogP contribution is -2.50. The smallest absolute Gasteiger partial charge is 0.241 e. The van der Waals surface area contributed by atoms with Crippen molar-refractivity contribution in [3.8, 4) is 6.07 Å². The first-order chi connectivity index (χ1) is 9.33. The molecule has 1 amide bonds. The number of nitrogens with one attached hydrogen (secondary N) is 1. The van der Waals surface area contributed by atoms with Crippen molar-refractivity contribution in [2.75, 3.05) is 12.4 Å². The van der Waals surface area contributed by atoms with Gasteiger partial charge >= 0.3 is 0 Å². The van der Waals surface area contributed by atoms with Crippen LogP contribution in [-0.4, -0.2) is 29.4 Å². The van der Waals surface area contributed by atoms with Gasteiger partial charge in [-0.1, -0.05) is 19.1 Å². The summed E-state index contributed by atoms with van der Waals surface area (Å²) in [4.78, 5) is 14.4. The summed E-state index contributed by atoms with van der Waals surface area (Å²) in [5, 5.41) is 11.9. The Labute approximate surface area is 121 Å². The number of hydrogen-bond donors (Lipinski definition) is 1. The van der Waals surface area contributed by atoms with Gasteiger partial charge < -0.3 is 5.32 Å². The summed E-state index contributed by atoms with van der Waals surface area (Å²) in [5.41, 5.74) is 0.992. The van der Waals surface area contributed by atoms with Crippen molar-refractivity contribution in [2.45, 2.75) is 45.7 Å². The standard InChI is InChI=1S/C16H23N3O/c1-6-16(3,4)19(5)12(2)15(20)18-14-10-8-7-9-13(14)11-17/h7-10,12H,6H2,1-5H3,(H,18,20). The minimum atomic E-state index is -0.267. The van der Waals surface area contributed by atoms with E-state index in [0.29, 0.717) is 11.3 Å². The highest BCUT2D eigenvalue weighted by Crippen LogP contribution is 2.20. The van der Waals surface area contributed by atoms with Crippen LogP contribution in [0.5, 0.6) is 0 Å². The van der Waals surface area contributed by atoms with E-state index in [0.717, 1.165) is 6.42 Å². The van der Waals surface area contributed by atoms with Crippen LogP contribution >= 0.6 is 0 Å². The minimum Gasteiger partial charge on any atom is -0.324 e. The first kappa shape index (κ1) is 16.2. The van der Waals surface area contributed by atoms with E-state index in [1.54, 1.807) is 24.3 Å². The second-order valence-corrected chi connectivity index (χ2v) is 5.60. The predicted molar refractivity (Wildman–Crippen MR) is 81.4 cm³/mol. The number of nitrogens with zero attached hydrogens (tertiary/aromatic N) is 2. The summed E-state index contributed by atoms with van der Waals surface area (Å²) < 4.78 is 0. The molecule has 0 spiro atoms. The first-order valence-corrected chi connectivity index (χ1v) is 6.86. The van der Waals surface area contributed by atoms with Crippen LogP contribution in [0.15, 0.2) is 24.3 Å². The Hall–Kier alpha value is -1.86. The lowest BCUT2D eigenvalue weighted by molar-refractivity contribution is -0.122. The van der Waals surface area contributed by atoms with E-state index in [1.165, 1.54) is 0 Å². The lowest BCUT2D eigenvalue weighted by Gasteiger charge is -2.38. The summed E-state index contributed by atoms with van der Waals surface area (Å²) >= 11 is 0. The van der Waals surface area contributed by atoms with Gasteiger partial charge in [0.2, 0.25) is 5.91 Å². The van der Waals surface area contributed by atoms with Crippen LogP contribution in [0.2, 0.25) is 0 Å². The average Bonchev–Trinajstić information content (AvgIpc) is 2.46. The molecule has 1 unspecified atom stereocenters. The van der Waals surface area contributed by atoms with Gasteiger partial charge in [0.05, 0.1) is 17.3 Å². The fourth-order valence-corrected chi connectivity index (χ4v) is 1.88. The third-order valence-electron chi connectivity index (χ3n) is 4.09. The maximum atomic E-state index is 12.3. The van der Waals surface area contributed by atoms with Gasteiger partial charge in [-0.25, -0.2) is 0 Å². The second-order valence-electron chi connectivity index (χ2n) is 5.60. The Bertz CT molecular complexity index is 517. The van der Waals surface area contributed by atoms with Gasteiger partial charge in [0, 0.05) is 5.54 Å². The van der Waals surface area contributed by atoms with E-state index in [2.05, 4.69) is 37.1 Å². The quantitative estimate of drug-likeness (QED) is 0.897. The molecule has 0 aliphatic carbocycles. The second kappa shape index (κ2) is 6.53. The Kier molecular flexibility index (Phi) is 5.29. The molecule has 0 aliphatic rings. The molecule has 4 heteroatoms. The van der Waals surface area contributed by atoms with E-state index < -0.39 is 0 Å². The Balaban J connectivity index is 2.84. The van der Waals surface area contributed by atoms with E-state index in [4.69, 9.17) is 5.26 Å². The van der Waals surface area contributed by atoms with Crippen LogP contribution in [0.4, 0.5) is 5.69 Å². The fraction of sp³-hybridized carbons (Fsp3) is 0.500. The van der Waals surface area contributed by atoms with Crippen molar-refractivity contribution in [1.29, 1.82) is 5.26 Å². The third-order valence-corrected chi connectivity index (χ3v) is 4.09. The topological polar surface area (TPSA) is 56.1 Å². The number of hydrogen-bond acceptors (Lipinski definition) is 3. The summed E-state index contributed by atoms with van der Waals surface area (Å²) in [7, 11) is 1.95. The molecule has 1 aromatic rings. The highest BCUT2D eigenvalue weighted by atomic mass is 16.2. The molecule has 108 valence electrons. The van der Waals surface area contributed by atoms with Crippen LogP contribution in [-0.2, 0) is 4.79 Å². The highest BCUT2D eigenvalue weighted by Gasteiger charge is 2.29. The Morgan fingerprint density at radius 1 is 1.45 bits per heavy atom. The summed E-state index contributed by atoms with van der Waals surface area (Å²) in [6, 6.07) is 8.84. The van der Waals surface area contributed by atoms with Crippen LogP contribution < -0.4 is 5.32 Å². The molecule has 0 radical (unpaired) electrons. The normalized spacial score (nSPS) is 12.8. The molecular formula is C16H23N3O. The molecule has 4 nitrogen and oxygen atoms in total. The molecule has 0 saturated carbocycles. The van der Waals surface area contributed by atoms with Crippen molar-refractivity contribution in [2.24, 2.45) is 0 Å². The number of nitriles is 1. The zero-order valence-corrected chi connectivity index (χ0v) is 12.9. The van der Waals surface area contributed by atoms with Crippen LogP contribution in [0.1, 0.15) is 39.7 Å². The molecule has 1 atom stereocenters. The van der Waals surface area contributed by atoms with E-state index >= 15 is 0 Å². The zero-order valence-electron chi connectivity index (χ0n) is 12.9. The number of anilines is 1. The van der Waals surface area contributed by atoms with E-state index in [9.17, 15) is 4.79 Å². The number of carbonyl (C=O) groups is 1. The van der Waals surface area contributed by atoms with Crippen molar-refractivity contribution in [1.82, 2.24) is 4.90 Å². The van der Waals surface area contributed by atoms with Gasteiger partial charge in [-0.15, -0.1) is 0 Å². The molecule has 0 heterocycles. The molecule has 0 fully saturated rings. The molecule has 0 aliphatic heterocycles. The summed E-state index contributed by atoms with van der Waals surface area (Å²) in [6.45, 7) is 8.20. The molecule has 0 bridgehead atoms. The lowest BCUT2D eigenvalue weighted by atomic mass is 9.98. The van der Waals surface area contributed by atoms with E-state index in [1.807, 2.05) is 14.0 Å². The number of carbonyl (C=O) groups excluding carboxylic acids is 1.